The lowest BCUT2D eigenvalue weighted by Crippen LogP contribution is -2.37. The van der Waals surface area contributed by atoms with Crippen LogP contribution in [0.25, 0.3) is 5.69 Å². The van der Waals surface area contributed by atoms with Gasteiger partial charge in [0, 0.05) is 37.6 Å². The number of hydrogen-bond donors (Lipinski definition) is 1. The van der Waals surface area contributed by atoms with Crippen molar-refractivity contribution in [2.24, 2.45) is 0 Å². The van der Waals surface area contributed by atoms with Crippen LogP contribution >= 0.6 is 0 Å². The third-order valence-corrected chi connectivity index (χ3v) is 4.75. The first-order valence-corrected chi connectivity index (χ1v) is 8.51. The molecule has 2 aromatic heterocycles. The average Bonchev–Trinajstić information content (AvgIpc) is 3.32. The molecular weight excluding hydrogens is 316 g/mol. The Morgan fingerprint density at radius 3 is 2.84 bits per heavy atom. The average molecular weight is 338 g/mol. The fourth-order valence-electron chi connectivity index (χ4n) is 3.43. The first-order chi connectivity index (χ1) is 12.1. The summed E-state index contributed by atoms with van der Waals surface area (Å²) in [5, 5.41) is 23.2. The molecule has 130 valence electrons. The largest absolute Gasteiger partial charge is 0.387 e. The molecule has 1 fully saturated rings. The van der Waals surface area contributed by atoms with E-state index in [2.05, 4.69) is 26.5 Å². The molecule has 1 aromatic carbocycles. The van der Waals surface area contributed by atoms with Crippen molar-refractivity contribution in [1.82, 2.24) is 29.7 Å². The zero-order chi connectivity index (χ0) is 17.3. The van der Waals surface area contributed by atoms with E-state index in [4.69, 9.17) is 0 Å². The van der Waals surface area contributed by atoms with Gasteiger partial charge in [-0.2, -0.15) is 5.10 Å². The van der Waals surface area contributed by atoms with E-state index < -0.39 is 5.60 Å². The van der Waals surface area contributed by atoms with Crippen LogP contribution < -0.4 is 0 Å². The van der Waals surface area contributed by atoms with E-state index in [0.717, 1.165) is 30.9 Å². The lowest BCUT2D eigenvalue weighted by Gasteiger charge is -2.23. The first kappa shape index (κ1) is 16.0. The first-order valence-electron chi connectivity index (χ1n) is 8.51. The molecule has 7 heteroatoms. The van der Waals surface area contributed by atoms with E-state index in [0.29, 0.717) is 13.1 Å². The molecule has 1 aliphatic rings. The minimum Gasteiger partial charge on any atom is -0.387 e. The summed E-state index contributed by atoms with van der Waals surface area (Å²) < 4.78 is 3.62. The number of β-amino-alcohol motifs (C(OH)–C–C–N with tert-alkyl or cyclic N) is 1. The quantitative estimate of drug-likeness (QED) is 0.761. The van der Waals surface area contributed by atoms with E-state index in [1.54, 1.807) is 17.1 Å². The van der Waals surface area contributed by atoms with Crippen LogP contribution in [-0.2, 0) is 13.1 Å². The fourth-order valence-corrected chi connectivity index (χ4v) is 3.43. The summed E-state index contributed by atoms with van der Waals surface area (Å²) in [5.41, 5.74) is 2.52. The standard InChI is InChI=1S/C18H22N6O/c1-15-16(12-24(20-15)17-5-3-2-4-6-17)11-22-9-7-18(25,13-22)14-23-10-8-19-21-23/h2-6,8,10,12,25H,7,9,11,13-14H2,1H3. The van der Waals surface area contributed by atoms with Gasteiger partial charge in [0.05, 0.1) is 29.7 Å². The van der Waals surface area contributed by atoms with Crippen LogP contribution in [0.1, 0.15) is 17.7 Å². The van der Waals surface area contributed by atoms with Crippen LogP contribution in [0, 0.1) is 6.92 Å². The van der Waals surface area contributed by atoms with Gasteiger partial charge in [-0.3, -0.25) is 4.90 Å². The molecule has 1 saturated heterocycles. The number of likely N-dealkylation sites (tertiary alicyclic amines) is 1. The number of nitrogens with zero attached hydrogens (tertiary/aromatic N) is 6. The Morgan fingerprint density at radius 1 is 1.24 bits per heavy atom. The second-order valence-electron chi connectivity index (χ2n) is 6.81. The maximum atomic E-state index is 10.8. The molecule has 7 nitrogen and oxygen atoms in total. The normalized spacial score (nSPS) is 21.0. The van der Waals surface area contributed by atoms with E-state index in [1.165, 1.54) is 5.56 Å². The lowest BCUT2D eigenvalue weighted by molar-refractivity contribution is 0.0274. The highest BCUT2D eigenvalue weighted by Crippen LogP contribution is 2.25. The van der Waals surface area contributed by atoms with Crippen LogP contribution in [0.15, 0.2) is 48.9 Å². The van der Waals surface area contributed by atoms with Crippen molar-refractivity contribution in [2.45, 2.75) is 32.0 Å². The van der Waals surface area contributed by atoms with Gasteiger partial charge in [0.2, 0.25) is 0 Å². The molecule has 0 radical (unpaired) electrons. The fraction of sp³-hybridized carbons (Fsp3) is 0.389. The number of aromatic nitrogens is 5. The van der Waals surface area contributed by atoms with Crippen molar-refractivity contribution in [1.29, 1.82) is 0 Å². The summed E-state index contributed by atoms with van der Waals surface area (Å²) in [6.07, 6.45) is 6.24. The Hall–Kier alpha value is -2.51. The summed E-state index contributed by atoms with van der Waals surface area (Å²) in [4.78, 5) is 2.27. The van der Waals surface area contributed by atoms with Gasteiger partial charge < -0.3 is 5.11 Å². The number of hydrogen-bond acceptors (Lipinski definition) is 5. The SMILES string of the molecule is Cc1nn(-c2ccccc2)cc1CN1CCC(O)(Cn2ccnn2)C1. The van der Waals surface area contributed by atoms with Crippen molar-refractivity contribution < 1.29 is 5.11 Å². The van der Waals surface area contributed by atoms with Gasteiger partial charge in [0.25, 0.3) is 0 Å². The summed E-state index contributed by atoms with van der Waals surface area (Å²) >= 11 is 0. The molecule has 1 aliphatic heterocycles. The Morgan fingerprint density at radius 2 is 2.08 bits per heavy atom. The Kier molecular flexibility index (Phi) is 4.10. The topological polar surface area (TPSA) is 72.0 Å². The van der Waals surface area contributed by atoms with Gasteiger partial charge in [-0.05, 0) is 25.5 Å². The number of aryl methyl sites for hydroxylation is 1. The summed E-state index contributed by atoms with van der Waals surface area (Å²) in [5.74, 6) is 0. The number of rotatable bonds is 5. The summed E-state index contributed by atoms with van der Waals surface area (Å²) in [7, 11) is 0. The van der Waals surface area contributed by atoms with Crippen LogP contribution in [-0.4, -0.2) is 53.5 Å². The molecule has 25 heavy (non-hydrogen) atoms. The minimum absolute atomic E-state index is 0.478. The van der Waals surface area contributed by atoms with Crippen LogP contribution in [0.3, 0.4) is 0 Å². The van der Waals surface area contributed by atoms with Crippen LogP contribution in [0.4, 0.5) is 0 Å². The molecule has 0 saturated carbocycles. The van der Waals surface area contributed by atoms with Crippen molar-refractivity contribution in [3.8, 4) is 5.69 Å². The van der Waals surface area contributed by atoms with Crippen molar-refractivity contribution in [3.05, 3.63) is 60.2 Å². The monoisotopic (exact) mass is 338 g/mol. The molecule has 0 bridgehead atoms. The highest BCUT2D eigenvalue weighted by molar-refractivity contribution is 5.32. The van der Waals surface area contributed by atoms with Gasteiger partial charge >= 0.3 is 0 Å². The second-order valence-corrected chi connectivity index (χ2v) is 6.81. The highest BCUT2D eigenvalue weighted by Gasteiger charge is 2.36. The van der Waals surface area contributed by atoms with Gasteiger partial charge in [0.1, 0.15) is 0 Å². The molecular formula is C18H22N6O. The number of aliphatic hydroxyl groups is 1. The van der Waals surface area contributed by atoms with Crippen molar-refractivity contribution in [3.63, 3.8) is 0 Å². The van der Waals surface area contributed by atoms with Gasteiger partial charge in [-0.25, -0.2) is 9.36 Å². The molecule has 4 rings (SSSR count). The number of para-hydroxylation sites is 1. The smallest absolute Gasteiger partial charge is 0.0981 e. The predicted octanol–water partition coefficient (Wildman–Crippen LogP) is 1.41. The number of benzene rings is 1. The Balaban J connectivity index is 1.44. The molecule has 0 amide bonds. The van der Waals surface area contributed by atoms with Gasteiger partial charge in [-0.1, -0.05) is 23.4 Å². The van der Waals surface area contributed by atoms with Gasteiger partial charge in [0.15, 0.2) is 0 Å². The predicted molar refractivity (Wildman–Crippen MR) is 93.2 cm³/mol. The minimum atomic E-state index is -0.753. The van der Waals surface area contributed by atoms with E-state index in [9.17, 15) is 5.11 Å². The summed E-state index contributed by atoms with van der Waals surface area (Å²) in [6.45, 7) is 4.79. The third kappa shape index (κ3) is 3.47. The lowest BCUT2D eigenvalue weighted by atomic mass is 10.0. The highest BCUT2D eigenvalue weighted by atomic mass is 16.3. The zero-order valence-corrected chi connectivity index (χ0v) is 14.3. The third-order valence-electron chi connectivity index (χ3n) is 4.75. The molecule has 1 N–H and O–H groups in total. The summed E-state index contributed by atoms with van der Waals surface area (Å²) in [6, 6.07) is 10.1. The van der Waals surface area contributed by atoms with Crippen molar-refractivity contribution >= 4 is 0 Å². The maximum absolute atomic E-state index is 10.8. The molecule has 0 spiro atoms. The van der Waals surface area contributed by atoms with Gasteiger partial charge in [-0.15, -0.1) is 5.10 Å². The van der Waals surface area contributed by atoms with Crippen molar-refractivity contribution in [2.75, 3.05) is 13.1 Å². The maximum Gasteiger partial charge on any atom is 0.0981 e. The van der Waals surface area contributed by atoms with E-state index in [1.807, 2.05) is 41.9 Å². The molecule has 1 unspecified atom stereocenters. The zero-order valence-electron chi connectivity index (χ0n) is 14.3. The van der Waals surface area contributed by atoms with E-state index >= 15 is 0 Å². The van der Waals surface area contributed by atoms with Crippen LogP contribution in [0.2, 0.25) is 0 Å². The Bertz CT molecular complexity index is 829. The molecule has 3 aromatic rings. The Labute approximate surface area is 146 Å². The van der Waals surface area contributed by atoms with Crippen LogP contribution in [0.5, 0.6) is 0 Å². The van der Waals surface area contributed by atoms with E-state index in [-0.39, 0.29) is 0 Å². The molecule has 1 atom stereocenters. The second kappa shape index (κ2) is 6.42. The molecule has 3 heterocycles. The molecule has 0 aliphatic carbocycles.